The number of fused-ring (bicyclic) bond motifs is 1. The highest BCUT2D eigenvalue weighted by Crippen LogP contribution is 2.45. The van der Waals surface area contributed by atoms with Crippen LogP contribution in [0.2, 0.25) is 0 Å². The van der Waals surface area contributed by atoms with E-state index in [1.807, 2.05) is 61.7 Å². The maximum Gasteiger partial charge on any atom is 0.300 e. The molecule has 32 heavy (non-hydrogen) atoms. The first kappa shape index (κ1) is 20.5. The van der Waals surface area contributed by atoms with Crippen molar-refractivity contribution in [2.24, 2.45) is 0 Å². The average molecular weight is 446 g/mol. The van der Waals surface area contributed by atoms with E-state index in [9.17, 15) is 14.7 Å². The second-order valence-corrected chi connectivity index (χ2v) is 9.23. The molecule has 6 heteroatoms. The van der Waals surface area contributed by atoms with Gasteiger partial charge in [0.25, 0.3) is 11.7 Å². The molecule has 1 atom stereocenters. The number of aryl methyl sites for hydroxylation is 3. The number of Topliss-reactive ketones (excluding diaryl/α,β-unsaturated/α-hetero) is 1. The van der Waals surface area contributed by atoms with E-state index in [1.54, 1.807) is 6.07 Å². The summed E-state index contributed by atoms with van der Waals surface area (Å²) in [6.45, 7) is 4.55. The first-order chi connectivity index (χ1) is 15.5. The number of hydrogen-bond acceptors (Lipinski definition) is 5. The highest BCUT2D eigenvalue weighted by atomic mass is 32.1. The SMILES string of the molecule is Cc1ccc(C)c(N2C(=O)C(=O)/C(=C(\O)c3ccc4c(c3)CCCO4)C2c2cccs2)c1. The van der Waals surface area contributed by atoms with E-state index in [-0.39, 0.29) is 11.3 Å². The van der Waals surface area contributed by atoms with Crippen molar-refractivity contribution in [3.05, 3.63) is 86.6 Å². The predicted octanol–water partition coefficient (Wildman–Crippen LogP) is 5.32. The number of ether oxygens (including phenoxy) is 1. The van der Waals surface area contributed by atoms with Crippen LogP contribution in [0.25, 0.3) is 5.76 Å². The maximum atomic E-state index is 13.3. The Morgan fingerprint density at radius 2 is 1.97 bits per heavy atom. The van der Waals surface area contributed by atoms with E-state index in [4.69, 9.17) is 4.74 Å². The largest absolute Gasteiger partial charge is 0.507 e. The quantitative estimate of drug-likeness (QED) is 0.337. The molecule has 2 aliphatic rings. The van der Waals surface area contributed by atoms with Crippen molar-refractivity contribution in [2.45, 2.75) is 32.7 Å². The van der Waals surface area contributed by atoms with Gasteiger partial charge in [0.2, 0.25) is 0 Å². The number of nitrogens with zero attached hydrogens (tertiary/aromatic N) is 1. The predicted molar refractivity (Wildman–Crippen MR) is 125 cm³/mol. The fraction of sp³-hybridized carbons (Fsp3) is 0.231. The van der Waals surface area contributed by atoms with Crippen molar-refractivity contribution < 1.29 is 19.4 Å². The molecule has 3 aromatic rings. The summed E-state index contributed by atoms with van der Waals surface area (Å²) in [5.74, 6) is -0.642. The number of hydrogen-bond donors (Lipinski definition) is 1. The summed E-state index contributed by atoms with van der Waals surface area (Å²) in [5, 5.41) is 13.2. The molecule has 1 N–H and O–H groups in total. The van der Waals surface area contributed by atoms with Gasteiger partial charge in [0.05, 0.1) is 12.2 Å². The summed E-state index contributed by atoms with van der Waals surface area (Å²) in [5.41, 5.74) is 4.21. The van der Waals surface area contributed by atoms with Gasteiger partial charge in [-0.2, -0.15) is 0 Å². The lowest BCUT2D eigenvalue weighted by Crippen LogP contribution is -2.29. The number of amides is 1. The van der Waals surface area contributed by atoms with E-state index < -0.39 is 17.7 Å². The molecule has 0 aliphatic carbocycles. The van der Waals surface area contributed by atoms with Crippen LogP contribution in [0.3, 0.4) is 0 Å². The van der Waals surface area contributed by atoms with E-state index in [1.165, 1.54) is 16.2 Å². The van der Waals surface area contributed by atoms with Gasteiger partial charge in [-0.3, -0.25) is 14.5 Å². The van der Waals surface area contributed by atoms with Gasteiger partial charge >= 0.3 is 0 Å². The minimum atomic E-state index is -0.678. The number of thiophene rings is 1. The van der Waals surface area contributed by atoms with Crippen LogP contribution in [0.4, 0.5) is 5.69 Å². The Hall–Kier alpha value is -3.38. The maximum absolute atomic E-state index is 13.3. The zero-order valence-electron chi connectivity index (χ0n) is 17.9. The smallest absolute Gasteiger partial charge is 0.300 e. The van der Waals surface area contributed by atoms with Crippen molar-refractivity contribution in [3.63, 3.8) is 0 Å². The topological polar surface area (TPSA) is 66.8 Å². The van der Waals surface area contributed by atoms with Gasteiger partial charge in [0, 0.05) is 16.1 Å². The molecule has 2 aliphatic heterocycles. The third-order valence-corrected chi connectivity index (χ3v) is 6.99. The van der Waals surface area contributed by atoms with Crippen LogP contribution in [-0.2, 0) is 16.0 Å². The van der Waals surface area contributed by atoms with Crippen LogP contribution < -0.4 is 9.64 Å². The van der Waals surface area contributed by atoms with E-state index in [2.05, 4.69) is 0 Å². The summed E-state index contributed by atoms with van der Waals surface area (Å²) in [6, 6.07) is 14.4. The average Bonchev–Trinajstić information content (AvgIpc) is 3.42. The molecule has 5 rings (SSSR count). The number of aliphatic hydroxyl groups is 1. The van der Waals surface area contributed by atoms with Gasteiger partial charge in [-0.25, -0.2) is 0 Å². The normalized spacial score (nSPS) is 19.7. The Bertz CT molecular complexity index is 1260. The zero-order chi connectivity index (χ0) is 22.4. The number of carbonyl (C=O) groups is 2. The fourth-order valence-corrected chi connectivity index (χ4v) is 5.26. The van der Waals surface area contributed by atoms with Crippen LogP contribution >= 0.6 is 11.3 Å². The summed E-state index contributed by atoms with van der Waals surface area (Å²) in [6.07, 6.45) is 1.76. The van der Waals surface area contributed by atoms with Crippen molar-refractivity contribution >= 4 is 34.5 Å². The van der Waals surface area contributed by atoms with E-state index in [0.29, 0.717) is 17.9 Å². The number of ketones is 1. The first-order valence-corrected chi connectivity index (χ1v) is 11.5. The van der Waals surface area contributed by atoms with Crippen molar-refractivity contribution in [2.75, 3.05) is 11.5 Å². The third-order valence-electron chi connectivity index (χ3n) is 6.06. The third kappa shape index (κ3) is 3.31. The van der Waals surface area contributed by atoms with E-state index >= 15 is 0 Å². The molecular formula is C26H23NO4S. The summed E-state index contributed by atoms with van der Waals surface area (Å²) < 4.78 is 5.68. The van der Waals surface area contributed by atoms with Crippen LogP contribution in [0, 0.1) is 13.8 Å². The Morgan fingerprint density at radius 1 is 1.12 bits per heavy atom. The molecule has 1 fully saturated rings. The zero-order valence-corrected chi connectivity index (χ0v) is 18.7. The van der Waals surface area contributed by atoms with Gasteiger partial charge in [-0.05, 0) is 79.1 Å². The van der Waals surface area contributed by atoms with Crippen molar-refractivity contribution in [1.29, 1.82) is 0 Å². The molecule has 1 aromatic heterocycles. The number of rotatable bonds is 3. The molecule has 0 radical (unpaired) electrons. The second-order valence-electron chi connectivity index (χ2n) is 8.25. The van der Waals surface area contributed by atoms with Crippen LogP contribution in [0.1, 0.15) is 39.6 Å². The van der Waals surface area contributed by atoms with Crippen LogP contribution in [0.5, 0.6) is 5.75 Å². The number of anilines is 1. The minimum Gasteiger partial charge on any atom is -0.507 e. The molecular weight excluding hydrogens is 422 g/mol. The Balaban J connectivity index is 1.70. The Kier molecular flexibility index (Phi) is 5.10. The molecule has 5 nitrogen and oxygen atoms in total. The Labute approximate surface area is 190 Å². The number of aliphatic hydroxyl groups excluding tert-OH is 1. The van der Waals surface area contributed by atoms with Gasteiger partial charge in [-0.15, -0.1) is 11.3 Å². The van der Waals surface area contributed by atoms with Gasteiger partial charge < -0.3 is 9.84 Å². The van der Waals surface area contributed by atoms with Crippen LogP contribution in [-0.4, -0.2) is 23.4 Å². The van der Waals surface area contributed by atoms with E-state index in [0.717, 1.165) is 40.2 Å². The second kappa shape index (κ2) is 7.95. The van der Waals surface area contributed by atoms with Crippen molar-refractivity contribution in [3.8, 4) is 5.75 Å². The molecule has 1 amide bonds. The first-order valence-electron chi connectivity index (χ1n) is 10.6. The lowest BCUT2D eigenvalue weighted by atomic mass is 9.96. The summed E-state index contributed by atoms with van der Waals surface area (Å²) in [4.78, 5) is 28.9. The van der Waals surface area contributed by atoms with Gasteiger partial charge in [0.1, 0.15) is 17.6 Å². The highest BCUT2D eigenvalue weighted by molar-refractivity contribution is 7.10. The van der Waals surface area contributed by atoms with Crippen LogP contribution in [0.15, 0.2) is 59.5 Å². The molecule has 0 spiro atoms. The standard InChI is InChI=1S/C26H23NO4S/c1-15-7-8-16(2)19(13-15)27-23(21-6-4-12-32-21)22(25(29)26(27)30)24(28)18-9-10-20-17(14-18)5-3-11-31-20/h4,6-10,12-14,23,28H,3,5,11H2,1-2H3/b24-22-. The monoisotopic (exact) mass is 445 g/mol. The molecule has 0 saturated carbocycles. The summed E-state index contributed by atoms with van der Waals surface area (Å²) >= 11 is 1.46. The molecule has 1 unspecified atom stereocenters. The van der Waals surface area contributed by atoms with Crippen molar-refractivity contribution in [1.82, 2.24) is 0 Å². The fourth-order valence-electron chi connectivity index (χ4n) is 4.44. The van der Waals surface area contributed by atoms with Gasteiger partial charge in [0.15, 0.2) is 0 Å². The molecule has 0 bridgehead atoms. The Morgan fingerprint density at radius 3 is 2.75 bits per heavy atom. The summed E-state index contributed by atoms with van der Waals surface area (Å²) in [7, 11) is 0. The van der Waals surface area contributed by atoms with Gasteiger partial charge in [-0.1, -0.05) is 18.2 Å². The molecule has 1 saturated heterocycles. The minimum absolute atomic E-state index is 0.120. The molecule has 162 valence electrons. The molecule has 3 heterocycles. The number of carbonyl (C=O) groups excluding carboxylic acids is 2. The highest BCUT2D eigenvalue weighted by Gasteiger charge is 2.47. The molecule has 2 aromatic carbocycles. The lowest BCUT2D eigenvalue weighted by molar-refractivity contribution is -0.132. The number of benzene rings is 2. The lowest BCUT2D eigenvalue weighted by Gasteiger charge is -2.26.